The Balaban J connectivity index is 1.90. The molecule has 0 bridgehead atoms. The Morgan fingerprint density at radius 2 is 1.81 bits per heavy atom. The van der Waals surface area contributed by atoms with E-state index in [1.165, 1.54) is 12.1 Å². The van der Waals surface area contributed by atoms with Crippen LogP contribution in [0.4, 0.5) is 13.2 Å². The molecule has 0 N–H and O–H groups in total. The largest absolute Gasteiger partial charge is 0.491 e. The van der Waals surface area contributed by atoms with Gasteiger partial charge in [0.1, 0.15) is 24.2 Å². The van der Waals surface area contributed by atoms with Crippen molar-refractivity contribution in [1.82, 2.24) is 0 Å². The first-order valence-corrected chi connectivity index (χ1v) is 9.34. The van der Waals surface area contributed by atoms with E-state index in [9.17, 15) is 13.2 Å². The van der Waals surface area contributed by atoms with Gasteiger partial charge >= 0.3 is 6.18 Å². The highest BCUT2D eigenvalue weighted by Gasteiger charge is 2.30. The van der Waals surface area contributed by atoms with Gasteiger partial charge in [0.2, 0.25) is 0 Å². The lowest BCUT2D eigenvalue weighted by atomic mass is 10.2. The number of alkyl halides is 3. The van der Waals surface area contributed by atoms with Crippen LogP contribution in [0.3, 0.4) is 0 Å². The van der Waals surface area contributed by atoms with Crippen molar-refractivity contribution in [2.24, 2.45) is 0 Å². The first-order chi connectivity index (χ1) is 12.8. The van der Waals surface area contributed by atoms with Gasteiger partial charge < -0.3 is 14.2 Å². The molecule has 0 aromatic heterocycles. The van der Waals surface area contributed by atoms with Gasteiger partial charge in [-0.25, -0.2) is 0 Å². The molecule has 2 rings (SSSR count). The van der Waals surface area contributed by atoms with Gasteiger partial charge in [-0.3, -0.25) is 0 Å². The van der Waals surface area contributed by atoms with E-state index in [-0.39, 0.29) is 12.7 Å². The van der Waals surface area contributed by atoms with Crippen molar-refractivity contribution < 1.29 is 27.4 Å². The van der Waals surface area contributed by atoms with Crippen LogP contribution >= 0.6 is 11.8 Å². The zero-order valence-corrected chi connectivity index (χ0v) is 15.9. The average Bonchev–Trinajstić information content (AvgIpc) is 2.63. The van der Waals surface area contributed by atoms with Crippen LogP contribution in [0.15, 0.2) is 47.4 Å². The van der Waals surface area contributed by atoms with Crippen LogP contribution in [0.2, 0.25) is 0 Å². The van der Waals surface area contributed by atoms with Crippen molar-refractivity contribution in [3.8, 4) is 11.5 Å². The molecule has 7 heteroatoms. The summed E-state index contributed by atoms with van der Waals surface area (Å²) in [6, 6.07) is 10.3. The van der Waals surface area contributed by atoms with Crippen LogP contribution in [0.1, 0.15) is 18.1 Å². The number of halogens is 3. The third-order valence-corrected chi connectivity index (χ3v) is 4.85. The van der Waals surface area contributed by atoms with Crippen LogP contribution in [0, 0.1) is 14.0 Å². The van der Waals surface area contributed by atoms with Crippen LogP contribution in [-0.4, -0.2) is 25.1 Å². The van der Waals surface area contributed by atoms with E-state index in [0.29, 0.717) is 23.9 Å². The molecule has 0 amide bonds. The molecular weight excluding hydrogens is 377 g/mol. The minimum absolute atomic E-state index is 0.201. The highest BCUT2D eigenvalue weighted by molar-refractivity contribution is 7.99. The summed E-state index contributed by atoms with van der Waals surface area (Å²) < 4.78 is 53.8. The Morgan fingerprint density at radius 1 is 1.11 bits per heavy atom. The van der Waals surface area contributed by atoms with Crippen LogP contribution in [0.5, 0.6) is 11.5 Å². The van der Waals surface area contributed by atoms with Crippen molar-refractivity contribution in [1.29, 1.82) is 0 Å². The van der Waals surface area contributed by atoms with Crippen molar-refractivity contribution in [2.45, 2.75) is 31.0 Å². The summed E-state index contributed by atoms with van der Waals surface area (Å²) >= 11 is 1.59. The summed E-state index contributed by atoms with van der Waals surface area (Å²) in [5.41, 5.74) is 0.225. The zero-order chi connectivity index (χ0) is 19.9. The summed E-state index contributed by atoms with van der Waals surface area (Å²) in [4.78, 5) is 1.03. The lowest BCUT2D eigenvalue weighted by Crippen LogP contribution is -2.24. The second kappa shape index (κ2) is 9.90. The van der Waals surface area contributed by atoms with Gasteiger partial charge in [-0.15, -0.1) is 11.8 Å². The van der Waals surface area contributed by atoms with Crippen molar-refractivity contribution >= 4 is 11.8 Å². The molecule has 2 aromatic rings. The molecule has 146 valence electrons. The van der Waals surface area contributed by atoms with Crippen LogP contribution in [0.25, 0.3) is 0 Å². The Kier molecular flexibility index (Phi) is 7.86. The predicted octanol–water partition coefficient (Wildman–Crippen LogP) is 5.64. The number of aryl methyl sites for hydroxylation is 1. The molecule has 3 nitrogen and oxygen atoms in total. The number of ether oxygens (including phenoxy) is 3. The van der Waals surface area contributed by atoms with Crippen LogP contribution in [-0.2, 0) is 10.9 Å². The lowest BCUT2D eigenvalue weighted by Gasteiger charge is -2.18. The lowest BCUT2D eigenvalue weighted by molar-refractivity contribution is -0.137. The molecule has 1 atom stereocenters. The molecule has 0 aliphatic rings. The van der Waals surface area contributed by atoms with E-state index in [1.54, 1.807) is 17.8 Å². The Labute approximate surface area is 161 Å². The second-order valence-electron chi connectivity index (χ2n) is 5.77. The van der Waals surface area contributed by atoms with E-state index >= 15 is 0 Å². The SMILES string of the molecule is [CH]Oc1ccc(SCC(COc2ccc(C(F)(F)F)cc2)OCC)cc1C. The summed E-state index contributed by atoms with van der Waals surface area (Å²) in [5, 5.41) is 0. The van der Waals surface area contributed by atoms with Gasteiger partial charge in [0.15, 0.2) is 7.11 Å². The Morgan fingerprint density at radius 3 is 2.37 bits per heavy atom. The van der Waals surface area contributed by atoms with E-state index < -0.39 is 11.7 Å². The molecule has 0 aliphatic carbocycles. The fraction of sp³-hybridized carbons (Fsp3) is 0.350. The summed E-state index contributed by atoms with van der Waals surface area (Å²) in [6.07, 6.45) is -4.56. The molecule has 2 radical (unpaired) electrons. The monoisotopic (exact) mass is 398 g/mol. The number of hydrogen-bond donors (Lipinski definition) is 0. The number of thioether (sulfide) groups is 1. The van der Waals surface area contributed by atoms with Crippen molar-refractivity contribution in [3.63, 3.8) is 0 Å². The molecule has 0 fully saturated rings. The van der Waals surface area contributed by atoms with Crippen LogP contribution < -0.4 is 9.47 Å². The highest BCUT2D eigenvalue weighted by atomic mass is 32.2. The average molecular weight is 398 g/mol. The van der Waals surface area contributed by atoms with Gasteiger partial charge in [-0.1, -0.05) is 0 Å². The number of hydrogen-bond acceptors (Lipinski definition) is 4. The van der Waals surface area contributed by atoms with Gasteiger partial charge in [0.25, 0.3) is 0 Å². The van der Waals surface area contributed by atoms with Gasteiger partial charge in [-0.2, -0.15) is 13.2 Å². The maximum atomic E-state index is 12.6. The fourth-order valence-corrected chi connectivity index (χ4v) is 3.34. The standard InChI is InChI=1S/C20H21F3O3S/c1-4-25-17(13-27-18-9-10-19(24-3)14(2)11-18)12-26-16-7-5-15(6-8-16)20(21,22)23/h3,5-11,17H,4,12-13H2,1-2H3. The minimum Gasteiger partial charge on any atom is -0.491 e. The third-order valence-electron chi connectivity index (χ3n) is 3.73. The molecule has 0 saturated carbocycles. The number of rotatable bonds is 9. The zero-order valence-electron chi connectivity index (χ0n) is 15.1. The first-order valence-electron chi connectivity index (χ1n) is 8.35. The Bertz CT molecular complexity index is 717. The van der Waals surface area contributed by atoms with Crippen molar-refractivity contribution in [3.05, 3.63) is 60.7 Å². The minimum atomic E-state index is -4.36. The second-order valence-corrected chi connectivity index (χ2v) is 6.86. The van der Waals surface area contributed by atoms with E-state index in [0.717, 1.165) is 22.6 Å². The summed E-state index contributed by atoms with van der Waals surface area (Å²) in [7, 11) is 5.18. The maximum absolute atomic E-state index is 12.6. The third kappa shape index (κ3) is 6.66. The Hall–Kier alpha value is -1.86. The molecule has 1 unspecified atom stereocenters. The topological polar surface area (TPSA) is 27.7 Å². The predicted molar refractivity (Wildman–Crippen MR) is 99.2 cm³/mol. The van der Waals surface area contributed by atoms with E-state index in [4.69, 9.17) is 21.3 Å². The summed E-state index contributed by atoms with van der Waals surface area (Å²) in [6.45, 7) is 4.54. The van der Waals surface area contributed by atoms with Gasteiger partial charge in [0.05, 0.1) is 5.56 Å². The smallest absolute Gasteiger partial charge is 0.416 e. The van der Waals surface area contributed by atoms with Gasteiger partial charge in [0, 0.05) is 17.3 Å². The molecule has 2 aromatic carbocycles. The normalized spacial score (nSPS) is 12.7. The number of benzene rings is 2. The molecular formula is C20H21F3O3S. The highest BCUT2D eigenvalue weighted by Crippen LogP contribution is 2.30. The molecule has 0 spiro atoms. The van der Waals surface area contributed by atoms with E-state index in [2.05, 4.69) is 0 Å². The molecule has 27 heavy (non-hydrogen) atoms. The quantitative estimate of drug-likeness (QED) is 0.511. The van der Waals surface area contributed by atoms with Crippen molar-refractivity contribution in [2.75, 3.05) is 19.0 Å². The molecule has 0 saturated heterocycles. The first kappa shape index (κ1) is 21.4. The molecule has 0 aliphatic heterocycles. The maximum Gasteiger partial charge on any atom is 0.416 e. The summed E-state index contributed by atoms with van der Waals surface area (Å²) in [5.74, 6) is 1.63. The van der Waals surface area contributed by atoms with Gasteiger partial charge in [-0.05, 0) is 61.9 Å². The van der Waals surface area contributed by atoms with E-state index in [1.807, 2.05) is 26.0 Å². The fourth-order valence-electron chi connectivity index (χ4n) is 2.34. The molecule has 0 heterocycles.